The van der Waals surface area contributed by atoms with Crippen molar-refractivity contribution in [3.05, 3.63) is 54.6 Å². The second kappa shape index (κ2) is 8.61. The van der Waals surface area contributed by atoms with Crippen LogP contribution in [0, 0.1) is 5.92 Å². The first-order valence-corrected chi connectivity index (χ1v) is 10.6. The molecule has 1 aliphatic rings. The number of benzene rings is 2. The lowest BCUT2D eigenvalue weighted by atomic mass is 9.96. The van der Waals surface area contributed by atoms with E-state index in [1.165, 1.54) is 11.8 Å². The smallest absolute Gasteiger partial charge is 0.232 e. The number of hydrogen-bond donors (Lipinski definition) is 1. The summed E-state index contributed by atoms with van der Waals surface area (Å²) in [6.45, 7) is 1.15. The van der Waals surface area contributed by atoms with E-state index in [1.54, 1.807) is 4.90 Å². The summed E-state index contributed by atoms with van der Waals surface area (Å²) in [5.74, 6) is -0.0420. The molecule has 4 rings (SSSR count). The topological polar surface area (TPSA) is 89.2 Å². The van der Waals surface area contributed by atoms with Gasteiger partial charge in [0.05, 0.1) is 5.75 Å². The van der Waals surface area contributed by atoms with Gasteiger partial charge in [0.2, 0.25) is 11.8 Å². The lowest BCUT2D eigenvalue weighted by Gasteiger charge is -2.30. The Morgan fingerprint density at radius 1 is 0.966 bits per heavy atom. The van der Waals surface area contributed by atoms with Crippen molar-refractivity contribution in [3.63, 3.8) is 0 Å². The summed E-state index contributed by atoms with van der Waals surface area (Å²) in [5, 5.41) is 11.6. The lowest BCUT2D eigenvalue weighted by molar-refractivity contribution is -0.132. The first kappa shape index (κ1) is 19.4. The number of likely N-dealkylation sites (tertiary alicyclic amines) is 1. The van der Waals surface area contributed by atoms with Gasteiger partial charge in [-0.05, 0) is 12.8 Å². The molecule has 3 aromatic rings. The Labute approximate surface area is 173 Å². The SMILES string of the molecule is NC(=O)C1CCN(C(=O)CSc2nnc(-c3ccccc3)c3ccccc23)CC1. The average molecular weight is 407 g/mol. The number of amides is 2. The summed E-state index contributed by atoms with van der Waals surface area (Å²) in [6.07, 6.45) is 1.28. The Morgan fingerprint density at radius 3 is 2.31 bits per heavy atom. The number of fused-ring (bicyclic) bond motifs is 1. The highest BCUT2D eigenvalue weighted by atomic mass is 32.2. The number of primary amides is 1. The average Bonchev–Trinajstić information content (AvgIpc) is 2.78. The van der Waals surface area contributed by atoms with Crippen molar-refractivity contribution in [2.45, 2.75) is 17.9 Å². The zero-order valence-electron chi connectivity index (χ0n) is 16.0. The van der Waals surface area contributed by atoms with Gasteiger partial charge >= 0.3 is 0 Å². The van der Waals surface area contributed by atoms with E-state index in [0.29, 0.717) is 31.7 Å². The Kier molecular flexibility index (Phi) is 5.76. The molecular formula is C22H22N4O2S. The van der Waals surface area contributed by atoms with E-state index in [0.717, 1.165) is 27.1 Å². The van der Waals surface area contributed by atoms with Gasteiger partial charge in [0, 0.05) is 35.3 Å². The van der Waals surface area contributed by atoms with Crippen LogP contribution in [-0.2, 0) is 9.59 Å². The van der Waals surface area contributed by atoms with E-state index in [4.69, 9.17) is 5.73 Å². The van der Waals surface area contributed by atoms with Crippen molar-refractivity contribution in [3.8, 4) is 11.3 Å². The van der Waals surface area contributed by atoms with Crippen molar-refractivity contribution < 1.29 is 9.59 Å². The summed E-state index contributed by atoms with van der Waals surface area (Å²) in [5.41, 5.74) is 7.22. The maximum atomic E-state index is 12.6. The van der Waals surface area contributed by atoms with Gasteiger partial charge in [-0.25, -0.2) is 0 Å². The summed E-state index contributed by atoms with van der Waals surface area (Å²) in [6, 6.07) is 18.0. The molecule has 1 saturated heterocycles. The predicted octanol–water partition coefficient (Wildman–Crippen LogP) is 3.11. The van der Waals surface area contributed by atoms with E-state index in [-0.39, 0.29) is 17.7 Å². The zero-order valence-corrected chi connectivity index (χ0v) is 16.8. The van der Waals surface area contributed by atoms with Gasteiger partial charge in [-0.3, -0.25) is 9.59 Å². The predicted molar refractivity (Wildman–Crippen MR) is 114 cm³/mol. The molecule has 1 aromatic heterocycles. The quantitative estimate of drug-likeness (QED) is 0.658. The maximum absolute atomic E-state index is 12.6. The van der Waals surface area contributed by atoms with Crippen molar-refractivity contribution in [2.24, 2.45) is 11.7 Å². The monoisotopic (exact) mass is 406 g/mol. The third kappa shape index (κ3) is 4.24. The number of piperidine rings is 1. The Bertz CT molecular complexity index is 1030. The standard InChI is InChI=1S/C22H22N4O2S/c23-21(28)16-10-12-26(13-11-16)19(27)14-29-22-18-9-5-4-8-17(18)20(24-25-22)15-6-2-1-3-7-15/h1-9,16H,10-14H2,(H2,23,28). The first-order chi connectivity index (χ1) is 14.1. The molecule has 2 heterocycles. The van der Waals surface area contributed by atoms with Crippen LogP contribution in [0.4, 0.5) is 0 Å². The molecule has 148 valence electrons. The van der Waals surface area contributed by atoms with E-state index in [1.807, 2.05) is 54.6 Å². The molecule has 0 saturated carbocycles. The molecule has 0 bridgehead atoms. The summed E-state index contributed by atoms with van der Waals surface area (Å²) >= 11 is 1.41. The summed E-state index contributed by atoms with van der Waals surface area (Å²) in [7, 11) is 0. The number of carbonyl (C=O) groups is 2. The highest BCUT2D eigenvalue weighted by Gasteiger charge is 2.26. The van der Waals surface area contributed by atoms with Crippen LogP contribution >= 0.6 is 11.8 Å². The first-order valence-electron chi connectivity index (χ1n) is 9.64. The number of aromatic nitrogens is 2. The third-order valence-electron chi connectivity index (χ3n) is 5.28. The van der Waals surface area contributed by atoms with Gasteiger partial charge in [0.1, 0.15) is 10.7 Å². The van der Waals surface area contributed by atoms with Crippen LogP contribution in [-0.4, -0.2) is 45.8 Å². The lowest BCUT2D eigenvalue weighted by Crippen LogP contribution is -2.42. The minimum atomic E-state index is -0.272. The van der Waals surface area contributed by atoms with E-state index in [9.17, 15) is 9.59 Å². The van der Waals surface area contributed by atoms with Gasteiger partial charge in [0.25, 0.3) is 0 Å². The fourth-order valence-electron chi connectivity index (χ4n) is 3.63. The van der Waals surface area contributed by atoms with E-state index >= 15 is 0 Å². The number of thioether (sulfide) groups is 1. The van der Waals surface area contributed by atoms with Gasteiger partial charge in [-0.2, -0.15) is 0 Å². The summed E-state index contributed by atoms with van der Waals surface area (Å²) in [4.78, 5) is 25.7. The highest BCUT2D eigenvalue weighted by Crippen LogP contribution is 2.31. The van der Waals surface area contributed by atoms with Crippen molar-refractivity contribution >= 4 is 34.3 Å². The second-order valence-electron chi connectivity index (χ2n) is 7.11. The molecule has 0 radical (unpaired) electrons. The molecule has 2 aromatic carbocycles. The van der Waals surface area contributed by atoms with Crippen molar-refractivity contribution in [1.82, 2.24) is 15.1 Å². The largest absolute Gasteiger partial charge is 0.369 e. The van der Waals surface area contributed by atoms with Crippen LogP contribution < -0.4 is 5.73 Å². The molecule has 7 heteroatoms. The van der Waals surface area contributed by atoms with Crippen LogP contribution in [0.25, 0.3) is 22.0 Å². The molecule has 1 aliphatic heterocycles. The van der Waals surface area contributed by atoms with Gasteiger partial charge in [-0.15, -0.1) is 10.2 Å². The fourth-order valence-corrected chi connectivity index (χ4v) is 4.50. The number of nitrogens with zero attached hydrogens (tertiary/aromatic N) is 3. The highest BCUT2D eigenvalue weighted by molar-refractivity contribution is 8.00. The summed E-state index contributed by atoms with van der Waals surface area (Å²) < 4.78 is 0. The number of hydrogen-bond acceptors (Lipinski definition) is 5. The normalized spacial score (nSPS) is 14.8. The van der Waals surface area contributed by atoms with Crippen LogP contribution in [0.3, 0.4) is 0 Å². The van der Waals surface area contributed by atoms with Crippen LogP contribution in [0.15, 0.2) is 59.6 Å². The minimum absolute atomic E-state index is 0.0518. The van der Waals surface area contributed by atoms with Crippen LogP contribution in [0.2, 0.25) is 0 Å². The molecule has 2 N–H and O–H groups in total. The Hall–Kier alpha value is -2.93. The minimum Gasteiger partial charge on any atom is -0.369 e. The van der Waals surface area contributed by atoms with Crippen molar-refractivity contribution in [2.75, 3.05) is 18.8 Å². The Morgan fingerprint density at radius 2 is 1.62 bits per heavy atom. The van der Waals surface area contributed by atoms with E-state index in [2.05, 4.69) is 10.2 Å². The molecule has 0 unspecified atom stereocenters. The second-order valence-corrected chi connectivity index (χ2v) is 8.08. The molecule has 1 fully saturated rings. The molecule has 6 nitrogen and oxygen atoms in total. The van der Waals surface area contributed by atoms with Gasteiger partial charge in [0.15, 0.2) is 0 Å². The number of nitrogens with two attached hydrogens (primary N) is 1. The fraction of sp³-hybridized carbons (Fsp3) is 0.273. The van der Waals surface area contributed by atoms with Gasteiger partial charge < -0.3 is 10.6 Å². The number of rotatable bonds is 5. The Balaban J connectivity index is 1.49. The molecule has 0 atom stereocenters. The van der Waals surface area contributed by atoms with Crippen molar-refractivity contribution in [1.29, 1.82) is 0 Å². The molecule has 0 aliphatic carbocycles. The molecule has 0 spiro atoms. The maximum Gasteiger partial charge on any atom is 0.232 e. The third-order valence-corrected chi connectivity index (χ3v) is 6.25. The molecule has 2 amide bonds. The van der Waals surface area contributed by atoms with Crippen LogP contribution in [0.1, 0.15) is 12.8 Å². The zero-order chi connectivity index (χ0) is 20.2. The number of carbonyl (C=O) groups excluding carboxylic acids is 2. The van der Waals surface area contributed by atoms with Crippen LogP contribution in [0.5, 0.6) is 0 Å². The molecular weight excluding hydrogens is 384 g/mol. The molecule has 29 heavy (non-hydrogen) atoms. The van der Waals surface area contributed by atoms with Gasteiger partial charge in [-0.1, -0.05) is 66.4 Å². The van der Waals surface area contributed by atoms with E-state index < -0.39 is 0 Å².